The van der Waals surface area contributed by atoms with E-state index in [4.69, 9.17) is 4.74 Å². The molecule has 1 fully saturated rings. The van der Waals surface area contributed by atoms with Crippen LogP contribution in [0.25, 0.3) is 0 Å². The zero-order valence-electron chi connectivity index (χ0n) is 11.7. The van der Waals surface area contributed by atoms with Crippen LogP contribution < -0.4 is 5.32 Å². The molecule has 0 spiro atoms. The molecule has 18 heavy (non-hydrogen) atoms. The van der Waals surface area contributed by atoms with E-state index in [1.165, 1.54) is 0 Å². The summed E-state index contributed by atoms with van der Waals surface area (Å²) >= 11 is 0. The van der Waals surface area contributed by atoms with E-state index in [9.17, 15) is 0 Å². The largest absolute Gasteiger partial charge is 0.376 e. The molecule has 0 amide bonds. The summed E-state index contributed by atoms with van der Waals surface area (Å²) in [6, 6.07) is 0. The van der Waals surface area contributed by atoms with Crippen LogP contribution in [0.4, 0.5) is 5.95 Å². The number of hydrogen-bond acceptors (Lipinski definition) is 5. The van der Waals surface area contributed by atoms with Gasteiger partial charge in [0.1, 0.15) is 0 Å². The van der Waals surface area contributed by atoms with Crippen LogP contribution in [-0.4, -0.2) is 33.4 Å². The first-order chi connectivity index (χ1) is 8.59. The lowest BCUT2D eigenvalue weighted by Gasteiger charge is -2.28. The molecular formula is C13H22N4O. The maximum absolute atomic E-state index is 5.60. The first kappa shape index (κ1) is 13.2. The van der Waals surface area contributed by atoms with Gasteiger partial charge in [-0.15, -0.1) is 5.10 Å². The Balaban J connectivity index is 2.19. The molecule has 1 aromatic rings. The van der Waals surface area contributed by atoms with Gasteiger partial charge in [0.05, 0.1) is 23.0 Å². The van der Waals surface area contributed by atoms with E-state index in [0.29, 0.717) is 5.95 Å². The van der Waals surface area contributed by atoms with Crippen molar-refractivity contribution >= 4 is 5.95 Å². The number of nitrogens with one attached hydrogen (secondary N) is 1. The maximum Gasteiger partial charge on any atom is 0.243 e. The highest BCUT2D eigenvalue weighted by Crippen LogP contribution is 2.28. The van der Waals surface area contributed by atoms with E-state index in [2.05, 4.69) is 48.2 Å². The highest BCUT2D eigenvalue weighted by molar-refractivity contribution is 5.31. The first-order valence-electron chi connectivity index (χ1n) is 6.71. The standard InChI is InChI=1S/C13H22N4O/c1-5-10-11(6-2)16-17-12(14-10)15-13(4)7-8-18-9(13)3/h9H,5-8H2,1-4H3,(H,14,15,17). The lowest BCUT2D eigenvalue weighted by atomic mass is 9.95. The molecule has 1 N–H and O–H groups in total. The Bertz CT molecular complexity index is 423. The van der Waals surface area contributed by atoms with Crippen LogP contribution in [0.15, 0.2) is 0 Å². The molecule has 2 unspecified atom stereocenters. The molecule has 5 nitrogen and oxygen atoms in total. The Morgan fingerprint density at radius 1 is 1.28 bits per heavy atom. The van der Waals surface area contributed by atoms with Crippen LogP contribution in [0.3, 0.4) is 0 Å². The molecule has 5 heteroatoms. The van der Waals surface area contributed by atoms with Crippen molar-refractivity contribution in [1.29, 1.82) is 0 Å². The zero-order chi connectivity index (χ0) is 13.2. The molecule has 2 atom stereocenters. The predicted octanol–water partition coefficient (Wildman–Crippen LogP) is 1.98. The quantitative estimate of drug-likeness (QED) is 0.885. The van der Waals surface area contributed by atoms with Crippen LogP contribution in [0.2, 0.25) is 0 Å². The van der Waals surface area contributed by atoms with Crippen molar-refractivity contribution < 1.29 is 4.74 Å². The highest BCUT2D eigenvalue weighted by Gasteiger charge is 2.37. The van der Waals surface area contributed by atoms with Gasteiger partial charge in [-0.3, -0.25) is 0 Å². The van der Waals surface area contributed by atoms with E-state index in [0.717, 1.165) is 37.3 Å². The fourth-order valence-corrected chi connectivity index (χ4v) is 2.25. The molecule has 2 heterocycles. The third-order valence-corrected chi connectivity index (χ3v) is 3.79. The van der Waals surface area contributed by atoms with Crippen molar-refractivity contribution in [3.8, 4) is 0 Å². The monoisotopic (exact) mass is 250 g/mol. The number of rotatable bonds is 4. The molecule has 0 aromatic carbocycles. The van der Waals surface area contributed by atoms with E-state index >= 15 is 0 Å². The van der Waals surface area contributed by atoms with E-state index in [1.807, 2.05) is 0 Å². The Morgan fingerprint density at radius 2 is 2.00 bits per heavy atom. The van der Waals surface area contributed by atoms with Gasteiger partial charge in [-0.2, -0.15) is 5.10 Å². The average Bonchev–Trinajstić information content (AvgIpc) is 2.69. The fraction of sp³-hybridized carbons (Fsp3) is 0.769. The number of aromatic nitrogens is 3. The summed E-state index contributed by atoms with van der Waals surface area (Å²) in [5.74, 6) is 0.615. The topological polar surface area (TPSA) is 59.9 Å². The van der Waals surface area contributed by atoms with Crippen molar-refractivity contribution in [2.75, 3.05) is 11.9 Å². The Labute approximate surface area is 108 Å². The van der Waals surface area contributed by atoms with Gasteiger partial charge in [0.15, 0.2) is 0 Å². The Hall–Kier alpha value is -1.23. The van der Waals surface area contributed by atoms with Gasteiger partial charge in [-0.05, 0) is 33.1 Å². The van der Waals surface area contributed by atoms with Crippen molar-refractivity contribution in [3.63, 3.8) is 0 Å². The molecule has 1 aliphatic heterocycles. The second kappa shape index (κ2) is 5.18. The minimum absolute atomic E-state index is 0.0968. The minimum Gasteiger partial charge on any atom is -0.376 e. The lowest BCUT2D eigenvalue weighted by molar-refractivity contribution is 0.105. The molecule has 0 aliphatic carbocycles. The number of aryl methyl sites for hydroxylation is 2. The second-order valence-corrected chi connectivity index (χ2v) is 5.04. The summed E-state index contributed by atoms with van der Waals surface area (Å²) < 4.78 is 5.60. The van der Waals surface area contributed by atoms with E-state index in [1.54, 1.807) is 0 Å². The van der Waals surface area contributed by atoms with Gasteiger partial charge in [0, 0.05) is 6.61 Å². The summed E-state index contributed by atoms with van der Waals surface area (Å²) in [6.45, 7) is 9.18. The van der Waals surface area contributed by atoms with Crippen LogP contribution >= 0.6 is 0 Å². The van der Waals surface area contributed by atoms with Crippen LogP contribution in [0, 0.1) is 0 Å². The summed E-state index contributed by atoms with van der Waals surface area (Å²) in [5, 5.41) is 11.8. The molecule has 0 radical (unpaired) electrons. The molecule has 1 saturated heterocycles. The van der Waals surface area contributed by atoms with Gasteiger partial charge in [0.25, 0.3) is 0 Å². The van der Waals surface area contributed by atoms with E-state index < -0.39 is 0 Å². The molecule has 1 aliphatic rings. The average molecular weight is 250 g/mol. The first-order valence-corrected chi connectivity index (χ1v) is 6.71. The van der Waals surface area contributed by atoms with Gasteiger partial charge in [0.2, 0.25) is 5.95 Å². The SMILES string of the molecule is CCc1nnc(NC2(C)CCOC2C)nc1CC. The van der Waals surface area contributed by atoms with Crippen LogP contribution in [-0.2, 0) is 17.6 Å². The number of anilines is 1. The Kier molecular flexibility index (Phi) is 3.80. The lowest BCUT2D eigenvalue weighted by Crippen LogP contribution is -2.42. The van der Waals surface area contributed by atoms with Gasteiger partial charge in [-0.25, -0.2) is 4.98 Å². The number of hydrogen-bond donors (Lipinski definition) is 1. The third kappa shape index (κ3) is 2.46. The molecule has 2 rings (SSSR count). The van der Waals surface area contributed by atoms with Gasteiger partial charge >= 0.3 is 0 Å². The minimum atomic E-state index is -0.0968. The number of nitrogens with zero attached hydrogens (tertiary/aromatic N) is 3. The third-order valence-electron chi connectivity index (χ3n) is 3.79. The fourth-order valence-electron chi connectivity index (χ4n) is 2.25. The van der Waals surface area contributed by atoms with Crippen LogP contribution in [0.1, 0.15) is 45.5 Å². The predicted molar refractivity (Wildman–Crippen MR) is 70.6 cm³/mol. The maximum atomic E-state index is 5.60. The van der Waals surface area contributed by atoms with Gasteiger partial charge in [-0.1, -0.05) is 13.8 Å². The summed E-state index contributed by atoms with van der Waals surface area (Å²) in [5.41, 5.74) is 1.93. The summed E-state index contributed by atoms with van der Waals surface area (Å²) in [7, 11) is 0. The van der Waals surface area contributed by atoms with Crippen molar-refractivity contribution in [2.24, 2.45) is 0 Å². The molecule has 0 saturated carbocycles. The summed E-state index contributed by atoms with van der Waals surface area (Å²) in [4.78, 5) is 4.56. The van der Waals surface area contributed by atoms with Crippen molar-refractivity contribution in [2.45, 2.75) is 58.6 Å². The highest BCUT2D eigenvalue weighted by atomic mass is 16.5. The van der Waals surface area contributed by atoms with Crippen LogP contribution in [0.5, 0.6) is 0 Å². The summed E-state index contributed by atoms with van der Waals surface area (Å²) in [6.07, 6.45) is 2.89. The van der Waals surface area contributed by atoms with E-state index in [-0.39, 0.29) is 11.6 Å². The zero-order valence-corrected chi connectivity index (χ0v) is 11.7. The molecule has 100 valence electrons. The smallest absolute Gasteiger partial charge is 0.243 e. The van der Waals surface area contributed by atoms with Crippen molar-refractivity contribution in [1.82, 2.24) is 15.2 Å². The second-order valence-electron chi connectivity index (χ2n) is 5.04. The molecule has 0 bridgehead atoms. The van der Waals surface area contributed by atoms with Crippen molar-refractivity contribution in [3.05, 3.63) is 11.4 Å². The molecule has 1 aromatic heterocycles. The number of ether oxygens (including phenoxy) is 1. The normalized spacial score (nSPS) is 27.4. The van der Waals surface area contributed by atoms with Gasteiger partial charge < -0.3 is 10.1 Å². The molecular weight excluding hydrogens is 228 g/mol. The Morgan fingerprint density at radius 3 is 2.56 bits per heavy atom.